The minimum Gasteiger partial charge on any atom is -0.496 e. The van der Waals surface area contributed by atoms with Gasteiger partial charge in [-0.2, -0.15) is 0 Å². The van der Waals surface area contributed by atoms with Gasteiger partial charge in [0.2, 0.25) is 0 Å². The van der Waals surface area contributed by atoms with Crippen LogP contribution in [-0.2, 0) is 19.6 Å². The Bertz CT molecular complexity index is 866. The number of hydrogen-bond donors (Lipinski definition) is 0. The van der Waals surface area contributed by atoms with Gasteiger partial charge in [-0.15, -0.1) is 0 Å². The third-order valence-electron chi connectivity index (χ3n) is 4.30. The molecule has 0 spiro atoms. The predicted molar refractivity (Wildman–Crippen MR) is 109 cm³/mol. The number of aromatic nitrogens is 2. The molecule has 0 aliphatic rings. The van der Waals surface area contributed by atoms with Crippen LogP contribution in [0.4, 0.5) is 0 Å². The van der Waals surface area contributed by atoms with Crippen molar-refractivity contribution in [2.45, 2.75) is 33.5 Å². The highest BCUT2D eigenvalue weighted by atomic mass is 35.5. The topological polar surface area (TPSA) is 38.2 Å². The maximum Gasteiger partial charge on any atom is 0.123 e. The fourth-order valence-electron chi connectivity index (χ4n) is 3.11. The van der Waals surface area contributed by atoms with Gasteiger partial charge in [0.05, 0.1) is 18.5 Å². The Kier molecular flexibility index (Phi) is 6.43. The molecule has 0 N–H and O–H groups in total. The number of nitrogens with zero attached hydrogens (tertiary/aromatic N) is 3. The van der Waals surface area contributed by atoms with Gasteiger partial charge in [-0.05, 0) is 56.3 Å². The first kappa shape index (κ1) is 19.3. The fourth-order valence-corrected chi connectivity index (χ4v) is 3.31. The second kappa shape index (κ2) is 8.98. The summed E-state index contributed by atoms with van der Waals surface area (Å²) in [5, 5.41) is 0.702. The summed E-state index contributed by atoms with van der Waals surface area (Å²) < 4.78 is 5.52. The Labute approximate surface area is 165 Å². The summed E-state index contributed by atoms with van der Waals surface area (Å²) in [7, 11) is 1.68. The normalized spacial score (nSPS) is 11.0. The highest BCUT2D eigenvalue weighted by Crippen LogP contribution is 2.25. The first-order valence-corrected chi connectivity index (χ1v) is 9.31. The minimum absolute atomic E-state index is 0.689. The van der Waals surface area contributed by atoms with E-state index >= 15 is 0 Å². The fraction of sp³-hybridized carbons (Fsp3) is 0.273. The average molecular weight is 382 g/mol. The van der Waals surface area contributed by atoms with Crippen LogP contribution in [0.3, 0.4) is 0 Å². The van der Waals surface area contributed by atoms with Gasteiger partial charge in [0, 0.05) is 41.6 Å². The predicted octanol–water partition coefficient (Wildman–Crippen LogP) is 4.96. The standard InChI is InChI=1S/C22H24ClN3O/c1-16-6-4-8-20(24-16)14-26(15-21-9-5-7-17(2)25-21)13-18-12-19(23)10-11-22(18)27-3/h4-12H,13-15H2,1-3H3. The minimum atomic E-state index is 0.689. The van der Waals surface area contributed by atoms with Gasteiger partial charge in [-0.25, -0.2) is 0 Å². The summed E-state index contributed by atoms with van der Waals surface area (Å²) in [6, 6.07) is 17.9. The van der Waals surface area contributed by atoms with Crippen molar-refractivity contribution in [2.75, 3.05) is 7.11 Å². The molecular weight excluding hydrogens is 358 g/mol. The lowest BCUT2D eigenvalue weighted by molar-refractivity contribution is 0.237. The van der Waals surface area contributed by atoms with E-state index in [1.165, 1.54) is 0 Å². The van der Waals surface area contributed by atoms with Crippen LogP contribution < -0.4 is 4.74 Å². The molecule has 4 nitrogen and oxygen atoms in total. The SMILES string of the molecule is COc1ccc(Cl)cc1CN(Cc1cccc(C)n1)Cc1cccc(C)n1. The first-order chi connectivity index (χ1) is 13.0. The average Bonchev–Trinajstić information content (AvgIpc) is 2.62. The molecule has 0 atom stereocenters. The molecule has 0 aliphatic carbocycles. The van der Waals surface area contributed by atoms with Crippen LogP contribution >= 0.6 is 11.6 Å². The summed E-state index contributed by atoms with van der Waals surface area (Å²) in [5.74, 6) is 0.832. The van der Waals surface area contributed by atoms with Crippen molar-refractivity contribution in [1.82, 2.24) is 14.9 Å². The van der Waals surface area contributed by atoms with Crippen molar-refractivity contribution < 1.29 is 4.74 Å². The van der Waals surface area contributed by atoms with Gasteiger partial charge in [0.15, 0.2) is 0 Å². The molecule has 0 amide bonds. The largest absolute Gasteiger partial charge is 0.496 e. The molecule has 140 valence electrons. The van der Waals surface area contributed by atoms with Crippen LogP contribution in [-0.4, -0.2) is 22.0 Å². The van der Waals surface area contributed by atoms with Gasteiger partial charge in [-0.3, -0.25) is 14.9 Å². The van der Waals surface area contributed by atoms with E-state index in [-0.39, 0.29) is 0 Å². The molecule has 2 aromatic heterocycles. The van der Waals surface area contributed by atoms with E-state index in [1.54, 1.807) is 7.11 Å². The number of hydrogen-bond acceptors (Lipinski definition) is 4. The maximum atomic E-state index is 6.22. The Morgan fingerprint density at radius 1 is 0.852 bits per heavy atom. The molecule has 0 radical (unpaired) electrons. The summed E-state index contributed by atoms with van der Waals surface area (Å²) in [4.78, 5) is 11.6. The van der Waals surface area contributed by atoms with Crippen molar-refractivity contribution in [3.63, 3.8) is 0 Å². The number of methoxy groups -OCH3 is 1. The molecule has 0 saturated heterocycles. The van der Waals surface area contributed by atoms with Crippen molar-refractivity contribution >= 4 is 11.6 Å². The molecule has 0 saturated carbocycles. The zero-order valence-electron chi connectivity index (χ0n) is 15.9. The second-order valence-electron chi connectivity index (χ2n) is 6.64. The van der Waals surface area contributed by atoms with Crippen LogP contribution in [0.25, 0.3) is 0 Å². The molecule has 3 aromatic rings. The van der Waals surface area contributed by atoms with Crippen molar-refractivity contribution in [3.8, 4) is 5.75 Å². The number of halogens is 1. The summed E-state index contributed by atoms with van der Waals surface area (Å²) in [6.45, 7) is 6.14. The van der Waals surface area contributed by atoms with Gasteiger partial charge in [-0.1, -0.05) is 23.7 Å². The van der Waals surface area contributed by atoms with Gasteiger partial charge >= 0.3 is 0 Å². The Balaban J connectivity index is 1.88. The molecule has 0 unspecified atom stereocenters. The number of ether oxygens (including phenoxy) is 1. The molecular formula is C22H24ClN3O. The highest BCUT2D eigenvalue weighted by Gasteiger charge is 2.14. The molecule has 1 aromatic carbocycles. The molecule has 5 heteroatoms. The lowest BCUT2D eigenvalue weighted by Gasteiger charge is -2.23. The lowest BCUT2D eigenvalue weighted by Crippen LogP contribution is -2.24. The number of benzene rings is 1. The third-order valence-corrected chi connectivity index (χ3v) is 4.53. The van der Waals surface area contributed by atoms with Crippen LogP contribution in [0.15, 0.2) is 54.6 Å². The molecule has 2 heterocycles. The molecule has 0 fully saturated rings. The highest BCUT2D eigenvalue weighted by molar-refractivity contribution is 6.30. The van der Waals surface area contributed by atoms with Gasteiger partial charge in [0.25, 0.3) is 0 Å². The van der Waals surface area contributed by atoms with E-state index in [0.29, 0.717) is 24.7 Å². The first-order valence-electron chi connectivity index (χ1n) is 8.93. The number of pyridine rings is 2. The number of aryl methyl sites for hydroxylation is 2. The molecule has 0 aliphatic heterocycles. The van der Waals surface area contributed by atoms with Crippen molar-refractivity contribution in [3.05, 3.63) is 88.0 Å². The van der Waals surface area contributed by atoms with Crippen LogP contribution in [0.1, 0.15) is 28.3 Å². The Morgan fingerprint density at radius 2 is 1.44 bits per heavy atom. The van der Waals surface area contributed by atoms with E-state index in [2.05, 4.69) is 27.0 Å². The van der Waals surface area contributed by atoms with E-state index < -0.39 is 0 Å². The van der Waals surface area contributed by atoms with Gasteiger partial charge in [0.1, 0.15) is 5.75 Å². The van der Waals surface area contributed by atoms with Gasteiger partial charge < -0.3 is 4.74 Å². The summed E-state index contributed by atoms with van der Waals surface area (Å²) in [5.41, 5.74) is 5.14. The molecule has 27 heavy (non-hydrogen) atoms. The third kappa shape index (κ3) is 5.52. The van der Waals surface area contributed by atoms with Crippen molar-refractivity contribution in [1.29, 1.82) is 0 Å². The smallest absolute Gasteiger partial charge is 0.123 e. The Morgan fingerprint density at radius 3 is 1.96 bits per heavy atom. The van der Waals surface area contributed by atoms with E-state index in [0.717, 1.165) is 34.1 Å². The van der Waals surface area contributed by atoms with Crippen LogP contribution in [0.5, 0.6) is 5.75 Å². The number of rotatable bonds is 7. The summed E-state index contributed by atoms with van der Waals surface area (Å²) >= 11 is 6.22. The molecule has 3 rings (SSSR count). The zero-order chi connectivity index (χ0) is 19.2. The lowest BCUT2D eigenvalue weighted by atomic mass is 10.1. The van der Waals surface area contributed by atoms with E-state index in [4.69, 9.17) is 16.3 Å². The van der Waals surface area contributed by atoms with Crippen LogP contribution in [0, 0.1) is 13.8 Å². The van der Waals surface area contributed by atoms with Crippen molar-refractivity contribution in [2.24, 2.45) is 0 Å². The zero-order valence-corrected chi connectivity index (χ0v) is 16.7. The Hall–Kier alpha value is -2.43. The summed E-state index contributed by atoms with van der Waals surface area (Å²) in [6.07, 6.45) is 0. The molecule has 0 bridgehead atoms. The van der Waals surface area contributed by atoms with E-state index in [9.17, 15) is 0 Å². The van der Waals surface area contributed by atoms with E-state index in [1.807, 2.05) is 56.3 Å². The second-order valence-corrected chi connectivity index (χ2v) is 7.08. The van der Waals surface area contributed by atoms with Crippen LogP contribution in [0.2, 0.25) is 5.02 Å². The quantitative estimate of drug-likeness (QED) is 0.579. The maximum absolute atomic E-state index is 6.22. The monoisotopic (exact) mass is 381 g/mol.